The standard InChI is InChI=1S/C16H23N3O/c17-16(8-3-9-16)15(20)18-10-4-11-19-12-7-13-5-1-2-6-14(13)19/h1-2,5-6H,3-4,7-12,17H2,(H,18,20). The van der Waals surface area contributed by atoms with Gasteiger partial charge in [-0.05, 0) is 43.7 Å². The van der Waals surface area contributed by atoms with Gasteiger partial charge in [-0.3, -0.25) is 4.79 Å². The van der Waals surface area contributed by atoms with E-state index in [2.05, 4.69) is 34.5 Å². The fraction of sp³-hybridized carbons (Fsp3) is 0.562. The van der Waals surface area contributed by atoms with E-state index in [1.807, 2.05) is 0 Å². The van der Waals surface area contributed by atoms with Gasteiger partial charge in [0.1, 0.15) is 0 Å². The Morgan fingerprint density at radius 1 is 1.35 bits per heavy atom. The summed E-state index contributed by atoms with van der Waals surface area (Å²) in [5.74, 6) is 0.0329. The van der Waals surface area contributed by atoms with Crippen molar-refractivity contribution in [2.24, 2.45) is 5.73 Å². The molecule has 1 aliphatic carbocycles. The number of carbonyl (C=O) groups is 1. The van der Waals surface area contributed by atoms with Crippen LogP contribution in [0.3, 0.4) is 0 Å². The number of nitrogens with one attached hydrogen (secondary N) is 1. The minimum Gasteiger partial charge on any atom is -0.371 e. The number of rotatable bonds is 5. The van der Waals surface area contributed by atoms with Crippen LogP contribution in [-0.4, -0.2) is 31.1 Å². The first-order valence-corrected chi connectivity index (χ1v) is 7.59. The maximum absolute atomic E-state index is 11.9. The van der Waals surface area contributed by atoms with Crippen LogP contribution in [0, 0.1) is 0 Å². The van der Waals surface area contributed by atoms with E-state index in [1.54, 1.807) is 0 Å². The molecular formula is C16H23N3O. The van der Waals surface area contributed by atoms with Gasteiger partial charge in [0.15, 0.2) is 0 Å². The number of fused-ring (bicyclic) bond motifs is 1. The number of carbonyl (C=O) groups excluding carboxylic acids is 1. The summed E-state index contributed by atoms with van der Waals surface area (Å²) in [6.07, 6.45) is 4.84. The molecule has 1 fully saturated rings. The molecule has 1 heterocycles. The quantitative estimate of drug-likeness (QED) is 0.798. The van der Waals surface area contributed by atoms with Gasteiger partial charge in [0, 0.05) is 25.3 Å². The topological polar surface area (TPSA) is 58.4 Å². The molecule has 1 aromatic rings. The van der Waals surface area contributed by atoms with E-state index < -0.39 is 5.54 Å². The van der Waals surface area contributed by atoms with E-state index in [-0.39, 0.29) is 5.91 Å². The Labute approximate surface area is 120 Å². The molecule has 0 spiro atoms. The summed E-state index contributed by atoms with van der Waals surface area (Å²) in [7, 11) is 0. The second-order valence-corrected chi connectivity index (χ2v) is 5.98. The Hall–Kier alpha value is -1.55. The maximum Gasteiger partial charge on any atom is 0.240 e. The molecule has 2 aliphatic rings. The fourth-order valence-corrected chi connectivity index (χ4v) is 3.07. The van der Waals surface area contributed by atoms with Crippen LogP contribution < -0.4 is 16.0 Å². The van der Waals surface area contributed by atoms with E-state index in [1.165, 1.54) is 11.3 Å². The monoisotopic (exact) mass is 273 g/mol. The second-order valence-electron chi connectivity index (χ2n) is 5.98. The van der Waals surface area contributed by atoms with E-state index in [0.29, 0.717) is 0 Å². The highest BCUT2D eigenvalue weighted by atomic mass is 16.2. The number of anilines is 1. The van der Waals surface area contributed by atoms with Crippen molar-refractivity contribution in [3.8, 4) is 0 Å². The highest BCUT2D eigenvalue weighted by Crippen LogP contribution is 2.29. The smallest absolute Gasteiger partial charge is 0.240 e. The number of benzene rings is 1. The summed E-state index contributed by atoms with van der Waals surface area (Å²) in [5, 5.41) is 2.98. The third kappa shape index (κ3) is 2.52. The lowest BCUT2D eigenvalue weighted by atomic mass is 9.77. The number of hydrogen-bond acceptors (Lipinski definition) is 3. The van der Waals surface area contributed by atoms with Gasteiger partial charge in [-0.1, -0.05) is 18.2 Å². The molecule has 1 saturated carbocycles. The fourth-order valence-electron chi connectivity index (χ4n) is 3.07. The predicted molar refractivity (Wildman–Crippen MR) is 80.8 cm³/mol. The van der Waals surface area contributed by atoms with Crippen LogP contribution in [0.2, 0.25) is 0 Å². The molecule has 108 valence electrons. The van der Waals surface area contributed by atoms with Gasteiger partial charge in [0.05, 0.1) is 5.54 Å². The van der Waals surface area contributed by atoms with Crippen molar-refractivity contribution in [3.05, 3.63) is 29.8 Å². The number of nitrogens with two attached hydrogens (primary N) is 1. The third-order valence-corrected chi connectivity index (χ3v) is 4.57. The lowest BCUT2D eigenvalue weighted by molar-refractivity contribution is -0.129. The molecule has 0 aromatic heterocycles. The summed E-state index contributed by atoms with van der Waals surface area (Å²) in [5.41, 5.74) is 8.21. The number of hydrogen-bond donors (Lipinski definition) is 2. The molecule has 4 nitrogen and oxygen atoms in total. The van der Waals surface area contributed by atoms with Gasteiger partial charge in [-0.2, -0.15) is 0 Å². The van der Waals surface area contributed by atoms with Crippen molar-refractivity contribution < 1.29 is 4.79 Å². The Kier molecular flexibility index (Phi) is 3.66. The lowest BCUT2D eigenvalue weighted by Gasteiger charge is -2.36. The van der Waals surface area contributed by atoms with Crippen molar-refractivity contribution >= 4 is 11.6 Å². The van der Waals surface area contributed by atoms with Crippen molar-refractivity contribution in [2.45, 2.75) is 37.6 Å². The summed E-state index contributed by atoms with van der Waals surface area (Å²) >= 11 is 0. The lowest BCUT2D eigenvalue weighted by Crippen LogP contribution is -2.58. The summed E-state index contributed by atoms with van der Waals surface area (Å²) < 4.78 is 0. The second kappa shape index (κ2) is 5.44. The van der Waals surface area contributed by atoms with E-state index in [4.69, 9.17) is 5.73 Å². The van der Waals surface area contributed by atoms with Crippen LogP contribution in [0.5, 0.6) is 0 Å². The summed E-state index contributed by atoms with van der Waals surface area (Å²) in [6, 6.07) is 8.58. The molecular weight excluding hydrogens is 250 g/mol. The Morgan fingerprint density at radius 2 is 2.15 bits per heavy atom. The molecule has 1 amide bonds. The average Bonchev–Trinajstić information content (AvgIpc) is 2.84. The van der Waals surface area contributed by atoms with Gasteiger partial charge in [-0.25, -0.2) is 0 Å². The molecule has 4 heteroatoms. The molecule has 0 saturated heterocycles. The normalized spacial score (nSPS) is 19.4. The SMILES string of the molecule is NC1(C(=O)NCCCN2CCc3ccccc32)CCC1. The van der Waals surface area contributed by atoms with Gasteiger partial charge in [-0.15, -0.1) is 0 Å². The van der Waals surface area contributed by atoms with Crippen LogP contribution in [0.1, 0.15) is 31.2 Å². The van der Waals surface area contributed by atoms with Gasteiger partial charge in [0.25, 0.3) is 0 Å². The molecule has 3 rings (SSSR count). The van der Waals surface area contributed by atoms with Gasteiger partial charge < -0.3 is 16.0 Å². The van der Waals surface area contributed by atoms with Crippen LogP contribution in [-0.2, 0) is 11.2 Å². The van der Waals surface area contributed by atoms with Gasteiger partial charge in [0.2, 0.25) is 5.91 Å². The first kappa shape index (κ1) is 13.4. The summed E-state index contributed by atoms with van der Waals surface area (Å²) in [4.78, 5) is 14.3. The maximum atomic E-state index is 11.9. The zero-order chi connectivity index (χ0) is 14.0. The minimum atomic E-state index is -0.569. The molecule has 0 bridgehead atoms. The molecule has 3 N–H and O–H groups in total. The highest BCUT2D eigenvalue weighted by Gasteiger charge is 2.39. The third-order valence-electron chi connectivity index (χ3n) is 4.57. The molecule has 0 unspecified atom stereocenters. The largest absolute Gasteiger partial charge is 0.371 e. The Balaban J connectivity index is 1.42. The first-order valence-electron chi connectivity index (χ1n) is 7.59. The molecule has 0 atom stereocenters. The van der Waals surface area contributed by atoms with Crippen molar-refractivity contribution in [1.29, 1.82) is 0 Å². The Morgan fingerprint density at radius 3 is 2.90 bits per heavy atom. The molecule has 20 heavy (non-hydrogen) atoms. The van der Waals surface area contributed by atoms with Crippen molar-refractivity contribution in [1.82, 2.24) is 5.32 Å². The van der Waals surface area contributed by atoms with Crippen molar-refractivity contribution in [3.63, 3.8) is 0 Å². The molecule has 0 radical (unpaired) electrons. The van der Waals surface area contributed by atoms with Gasteiger partial charge >= 0.3 is 0 Å². The number of para-hydroxylation sites is 1. The van der Waals surface area contributed by atoms with Crippen LogP contribution in [0.15, 0.2) is 24.3 Å². The van der Waals surface area contributed by atoms with Crippen LogP contribution in [0.25, 0.3) is 0 Å². The number of nitrogens with zero attached hydrogens (tertiary/aromatic N) is 1. The van der Waals surface area contributed by atoms with E-state index in [9.17, 15) is 4.79 Å². The van der Waals surface area contributed by atoms with E-state index >= 15 is 0 Å². The predicted octanol–water partition coefficient (Wildman–Crippen LogP) is 1.44. The van der Waals surface area contributed by atoms with Crippen LogP contribution in [0.4, 0.5) is 5.69 Å². The Bertz CT molecular complexity index is 496. The average molecular weight is 273 g/mol. The summed E-state index contributed by atoms with van der Waals surface area (Å²) in [6.45, 7) is 2.80. The first-order chi connectivity index (χ1) is 9.69. The van der Waals surface area contributed by atoms with Crippen LogP contribution >= 0.6 is 0 Å². The zero-order valence-corrected chi connectivity index (χ0v) is 11.9. The highest BCUT2D eigenvalue weighted by molar-refractivity contribution is 5.86. The zero-order valence-electron chi connectivity index (χ0n) is 11.9. The van der Waals surface area contributed by atoms with E-state index in [0.717, 1.165) is 51.7 Å². The van der Waals surface area contributed by atoms with Crippen molar-refractivity contribution in [2.75, 3.05) is 24.5 Å². The minimum absolute atomic E-state index is 0.0329. The number of amides is 1. The molecule has 1 aromatic carbocycles. The molecule has 1 aliphatic heterocycles.